The monoisotopic (exact) mass is 311 g/mol. The number of hydrogen-bond donors (Lipinski definition) is 2. The molecule has 2 rings (SSSR count). The Labute approximate surface area is 127 Å². The van der Waals surface area contributed by atoms with Gasteiger partial charge in [-0.3, -0.25) is 0 Å². The van der Waals surface area contributed by atoms with Gasteiger partial charge in [0, 0.05) is 12.2 Å². The van der Waals surface area contributed by atoms with Crippen molar-refractivity contribution < 1.29 is 8.42 Å². The van der Waals surface area contributed by atoms with E-state index in [9.17, 15) is 8.42 Å². The Morgan fingerprint density at radius 3 is 2.62 bits per heavy atom. The number of nitrogens with one attached hydrogen (secondary N) is 1. The summed E-state index contributed by atoms with van der Waals surface area (Å²) in [7, 11) is -3.43. The summed E-state index contributed by atoms with van der Waals surface area (Å²) in [6.07, 6.45) is 4.68. The highest BCUT2D eigenvalue weighted by Crippen LogP contribution is 2.16. The van der Waals surface area contributed by atoms with Crippen molar-refractivity contribution in [2.75, 3.05) is 31.9 Å². The van der Waals surface area contributed by atoms with Gasteiger partial charge in [-0.15, -0.1) is 0 Å². The highest BCUT2D eigenvalue weighted by Gasteiger charge is 2.15. The molecule has 1 heterocycles. The van der Waals surface area contributed by atoms with Crippen LogP contribution in [-0.2, 0) is 10.0 Å². The van der Waals surface area contributed by atoms with Gasteiger partial charge in [-0.25, -0.2) is 13.1 Å². The highest BCUT2D eigenvalue weighted by molar-refractivity contribution is 7.89. The Morgan fingerprint density at radius 2 is 1.95 bits per heavy atom. The first kappa shape index (κ1) is 16.3. The van der Waals surface area contributed by atoms with Crippen molar-refractivity contribution in [1.82, 2.24) is 9.62 Å². The van der Waals surface area contributed by atoms with Crippen molar-refractivity contribution in [1.29, 1.82) is 0 Å². The second-order valence-electron chi connectivity index (χ2n) is 5.67. The Balaban J connectivity index is 1.82. The number of piperidine rings is 1. The molecule has 1 aromatic carbocycles. The van der Waals surface area contributed by atoms with Crippen LogP contribution in [0.4, 0.5) is 5.69 Å². The molecule has 0 radical (unpaired) electrons. The predicted molar refractivity (Wildman–Crippen MR) is 85.7 cm³/mol. The van der Waals surface area contributed by atoms with Crippen molar-refractivity contribution in [2.24, 2.45) is 0 Å². The van der Waals surface area contributed by atoms with E-state index in [1.54, 1.807) is 18.2 Å². The van der Waals surface area contributed by atoms with Gasteiger partial charge in [0.25, 0.3) is 0 Å². The summed E-state index contributed by atoms with van der Waals surface area (Å²) in [5.41, 5.74) is 7.11. The van der Waals surface area contributed by atoms with Crippen molar-refractivity contribution in [2.45, 2.75) is 37.5 Å². The van der Waals surface area contributed by atoms with E-state index < -0.39 is 10.0 Å². The lowest BCUT2D eigenvalue weighted by molar-refractivity contribution is 0.227. The van der Waals surface area contributed by atoms with Gasteiger partial charge < -0.3 is 10.6 Å². The zero-order valence-corrected chi connectivity index (χ0v) is 13.5. The van der Waals surface area contributed by atoms with Crippen molar-refractivity contribution in [3.8, 4) is 0 Å². The van der Waals surface area contributed by atoms with E-state index in [0.717, 1.165) is 31.6 Å². The summed E-state index contributed by atoms with van der Waals surface area (Å²) in [4.78, 5) is 2.69. The van der Waals surface area contributed by atoms with E-state index in [1.807, 2.05) is 6.92 Å². The molecule has 118 valence electrons. The smallest absolute Gasteiger partial charge is 0.240 e. The molecule has 1 saturated heterocycles. The molecule has 1 aromatic rings. The number of likely N-dealkylation sites (tertiary alicyclic amines) is 1. The van der Waals surface area contributed by atoms with Gasteiger partial charge in [0.05, 0.1) is 4.90 Å². The van der Waals surface area contributed by atoms with Crippen LogP contribution in [0.1, 0.15) is 31.2 Å². The molecule has 0 bridgehead atoms. The number of nitrogens with zero attached hydrogens (tertiary/aromatic N) is 1. The molecule has 5 nitrogen and oxygen atoms in total. The van der Waals surface area contributed by atoms with Crippen LogP contribution in [0.5, 0.6) is 0 Å². The van der Waals surface area contributed by atoms with E-state index in [4.69, 9.17) is 5.73 Å². The summed E-state index contributed by atoms with van der Waals surface area (Å²) in [5.74, 6) is 0. The van der Waals surface area contributed by atoms with Crippen LogP contribution in [0, 0.1) is 6.92 Å². The normalized spacial score (nSPS) is 17.0. The molecule has 1 aliphatic rings. The maximum atomic E-state index is 12.2. The van der Waals surface area contributed by atoms with Crippen molar-refractivity contribution in [3.63, 3.8) is 0 Å². The Kier molecular flexibility index (Phi) is 5.61. The highest BCUT2D eigenvalue weighted by atomic mass is 32.2. The molecule has 0 atom stereocenters. The van der Waals surface area contributed by atoms with Gasteiger partial charge in [-0.05, 0) is 69.6 Å². The minimum atomic E-state index is -3.43. The summed E-state index contributed by atoms with van der Waals surface area (Å²) in [6, 6.07) is 4.80. The second-order valence-corrected chi connectivity index (χ2v) is 7.44. The molecule has 0 amide bonds. The van der Waals surface area contributed by atoms with E-state index in [1.165, 1.54) is 19.3 Å². The van der Waals surface area contributed by atoms with E-state index in [2.05, 4.69) is 9.62 Å². The molecular formula is C15H25N3O2S. The molecule has 0 saturated carbocycles. The third-order valence-electron chi connectivity index (χ3n) is 3.94. The summed E-state index contributed by atoms with van der Waals surface area (Å²) >= 11 is 0. The molecule has 0 aromatic heterocycles. The Bertz CT molecular complexity index is 566. The van der Waals surface area contributed by atoms with Gasteiger partial charge in [0.2, 0.25) is 10.0 Å². The van der Waals surface area contributed by atoms with Crippen LogP contribution in [0.25, 0.3) is 0 Å². The summed E-state index contributed by atoms with van der Waals surface area (Å²) < 4.78 is 27.0. The quantitative estimate of drug-likeness (QED) is 0.620. The number of anilines is 1. The van der Waals surface area contributed by atoms with Crippen LogP contribution < -0.4 is 10.5 Å². The summed E-state index contributed by atoms with van der Waals surface area (Å²) in [5, 5.41) is 0. The van der Waals surface area contributed by atoms with Gasteiger partial charge in [0.1, 0.15) is 0 Å². The molecule has 6 heteroatoms. The maximum Gasteiger partial charge on any atom is 0.240 e. The second kappa shape index (κ2) is 7.24. The average molecular weight is 311 g/mol. The molecule has 0 unspecified atom stereocenters. The van der Waals surface area contributed by atoms with Crippen LogP contribution in [0.2, 0.25) is 0 Å². The zero-order chi connectivity index (χ0) is 15.3. The molecule has 3 N–H and O–H groups in total. The molecular weight excluding hydrogens is 286 g/mol. The van der Waals surface area contributed by atoms with Gasteiger partial charge >= 0.3 is 0 Å². The first-order valence-corrected chi connectivity index (χ1v) is 9.05. The molecule has 0 aliphatic carbocycles. The number of rotatable bonds is 6. The number of aryl methyl sites for hydroxylation is 1. The molecule has 1 aliphatic heterocycles. The zero-order valence-electron chi connectivity index (χ0n) is 12.6. The summed E-state index contributed by atoms with van der Waals surface area (Å²) in [6.45, 7) is 5.53. The third kappa shape index (κ3) is 4.69. The van der Waals surface area contributed by atoms with Crippen LogP contribution in [-0.4, -0.2) is 39.5 Å². The maximum absolute atomic E-state index is 12.2. The Morgan fingerprint density at radius 1 is 1.24 bits per heavy atom. The van der Waals surface area contributed by atoms with Crippen LogP contribution in [0.15, 0.2) is 23.1 Å². The first-order chi connectivity index (χ1) is 9.99. The fourth-order valence-electron chi connectivity index (χ4n) is 2.59. The number of benzene rings is 1. The number of nitrogen functional groups attached to an aromatic ring is 1. The van der Waals surface area contributed by atoms with Crippen LogP contribution in [0.3, 0.4) is 0 Å². The SMILES string of the molecule is Cc1cc(S(=O)(=O)NCCCN2CCCCC2)ccc1N. The lowest BCUT2D eigenvalue weighted by Gasteiger charge is -2.26. The Hall–Kier alpha value is -1.11. The topological polar surface area (TPSA) is 75.4 Å². The van der Waals surface area contributed by atoms with E-state index in [0.29, 0.717) is 12.2 Å². The van der Waals surface area contributed by atoms with E-state index in [-0.39, 0.29) is 4.90 Å². The van der Waals surface area contributed by atoms with Gasteiger partial charge in [-0.2, -0.15) is 0 Å². The third-order valence-corrected chi connectivity index (χ3v) is 5.40. The fraction of sp³-hybridized carbons (Fsp3) is 0.600. The van der Waals surface area contributed by atoms with E-state index >= 15 is 0 Å². The standard InChI is InChI=1S/C15H25N3O2S/c1-13-12-14(6-7-15(13)16)21(19,20)17-8-5-11-18-9-3-2-4-10-18/h6-7,12,17H,2-5,8-11,16H2,1H3. The number of hydrogen-bond acceptors (Lipinski definition) is 4. The number of sulfonamides is 1. The first-order valence-electron chi connectivity index (χ1n) is 7.57. The van der Waals surface area contributed by atoms with Crippen LogP contribution >= 0.6 is 0 Å². The molecule has 1 fully saturated rings. The predicted octanol–water partition coefficient (Wildman–Crippen LogP) is 1.73. The van der Waals surface area contributed by atoms with Gasteiger partial charge in [-0.1, -0.05) is 6.42 Å². The largest absolute Gasteiger partial charge is 0.399 e. The van der Waals surface area contributed by atoms with Crippen molar-refractivity contribution >= 4 is 15.7 Å². The van der Waals surface area contributed by atoms with Crippen molar-refractivity contribution in [3.05, 3.63) is 23.8 Å². The number of nitrogens with two attached hydrogens (primary N) is 1. The average Bonchev–Trinajstić information content (AvgIpc) is 2.47. The fourth-order valence-corrected chi connectivity index (χ4v) is 3.75. The molecule has 0 spiro atoms. The minimum Gasteiger partial charge on any atom is -0.399 e. The lowest BCUT2D eigenvalue weighted by atomic mass is 10.1. The van der Waals surface area contributed by atoms with Gasteiger partial charge in [0.15, 0.2) is 0 Å². The lowest BCUT2D eigenvalue weighted by Crippen LogP contribution is -2.33. The molecule has 21 heavy (non-hydrogen) atoms. The minimum absolute atomic E-state index is 0.284.